The van der Waals surface area contributed by atoms with Gasteiger partial charge in [-0.25, -0.2) is 9.50 Å². The van der Waals surface area contributed by atoms with Gasteiger partial charge in [-0.2, -0.15) is 18.3 Å². The summed E-state index contributed by atoms with van der Waals surface area (Å²) in [5.41, 5.74) is -0.706. The maximum atomic E-state index is 12.4. The van der Waals surface area contributed by atoms with E-state index >= 15 is 0 Å². The molecule has 2 aromatic heterocycles. The standard InChI is InChI=1S/C10H8F3N3O/c1-6(17)4-8-14-9-5-7(10(11,12)13)2-3-16(9)15-8/h2-3,5H,4H2,1H3. The van der Waals surface area contributed by atoms with Crippen molar-refractivity contribution in [1.82, 2.24) is 14.6 Å². The van der Waals surface area contributed by atoms with E-state index in [0.29, 0.717) is 0 Å². The Bertz CT molecular complexity index is 574. The van der Waals surface area contributed by atoms with Crippen molar-refractivity contribution in [2.75, 3.05) is 0 Å². The molecule has 0 saturated carbocycles. The van der Waals surface area contributed by atoms with E-state index in [1.54, 1.807) is 0 Å². The predicted molar refractivity (Wildman–Crippen MR) is 52.4 cm³/mol. The van der Waals surface area contributed by atoms with Crippen LogP contribution in [-0.4, -0.2) is 20.4 Å². The highest BCUT2D eigenvalue weighted by Crippen LogP contribution is 2.29. The van der Waals surface area contributed by atoms with E-state index in [2.05, 4.69) is 10.1 Å². The van der Waals surface area contributed by atoms with Gasteiger partial charge in [-0.1, -0.05) is 0 Å². The Morgan fingerprint density at radius 3 is 2.76 bits per heavy atom. The lowest BCUT2D eigenvalue weighted by Crippen LogP contribution is -2.05. The third-order valence-electron chi connectivity index (χ3n) is 2.12. The van der Waals surface area contributed by atoms with Gasteiger partial charge in [-0.05, 0) is 19.1 Å². The van der Waals surface area contributed by atoms with Crippen LogP contribution >= 0.6 is 0 Å². The topological polar surface area (TPSA) is 47.3 Å². The summed E-state index contributed by atoms with van der Waals surface area (Å²) >= 11 is 0. The molecule has 0 spiro atoms. The van der Waals surface area contributed by atoms with Crippen LogP contribution in [0.3, 0.4) is 0 Å². The normalized spacial score (nSPS) is 12.0. The van der Waals surface area contributed by atoms with E-state index in [9.17, 15) is 18.0 Å². The van der Waals surface area contributed by atoms with Crippen LogP contribution in [0, 0.1) is 0 Å². The molecule has 17 heavy (non-hydrogen) atoms. The summed E-state index contributed by atoms with van der Waals surface area (Å²) in [6.07, 6.45) is -3.22. The van der Waals surface area contributed by atoms with Crippen LogP contribution in [0.15, 0.2) is 18.3 Å². The Kier molecular flexibility index (Phi) is 2.60. The molecule has 0 aromatic carbocycles. The summed E-state index contributed by atoms with van der Waals surface area (Å²) in [7, 11) is 0. The van der Waals surface area contributed by atoms with Crippen molar-refractivity contribution in [3.63, 3.8) is 0 Å². The maximum absolute atomic E-state index is 12.4. The van der Waals surface area contributed by atoms with E-state index in [0.717, 1.165) is 12.1 Å². The van der Waals surface area contributed by atoms with Crippen LogP contribution in [0.1, 0.15) is 18.3 Å². The lowest BCUT2D eigenvalue weighted by molar-refractivity contribution is -0.137. The number of carbonyl (C=O) groups is 1. The molecule has 2 aromatic rings. The zero-order chi connectivity index (χ0) is 12.6. The van der Waals surface area contributed by atoms with Crippen molar-refractivity contribution < 1.29 is 18.0 Å². The van der Waals surface area contributed by atoms with Crippen LogP contribution < -0.4 is 0 Å². The van der Waals surface area contributed by atoms with Gasteiger partial charge in [0.2, 0.25) is 0 Å². The van der Waals surface area contributed by atoms with Crippen molar-refractivity contribution in [1.29, 1.82) is 0 Å². The van der Waals surface area contributed by atoms with Crippen molar-refractivity contribution in [2.45, 2.75) is 19.5 Å². The van der Waals surface area contributed by atoms with Gasteiger partial charge in [0.15, 0.2) is 11.5 Å². The average Bonchev–Trinajstić information content (AvgIpc) is 2.55. The Hall–Kier alpha value is -1.92. The second-order valence-electron chi connectivity index (χ2n) is 3.62. The summed E-state index contributed by atoms with van der Waals surface area (Å²) in [6, 6.07) is 1.82. The van der Waals surface area contributed by atoms with E-state index in [1.165, 1.54) is 17.6 Å². The second kappa shape index (κ2) is 3.83. The highest BCUT2D eigenvalue weighted by Gasteiger charge is 2.30. The first-order valence-electron chi connectivity index (χ1n) is 4.78. The fourth-order valence-corrected chi connectivity index (χ4v) is 1.40. The van der Waals surface area contributed by atoms with Crippen molar-refractivity contribution in [3.05, 3.63) is 29.7 Å². The molecule has 0 aliphatic heterocycles. The molecular formula is C10H8F3N3O. The van der Waals surface area contributed by atoms with Crippen molar-refractivity contribution in [3.8, 4) is 0 Å². The number of pyridine rings is 1. The van der Waals surface area contributed by atoms with Gasteiger partial charge in [-0.3, -0.25) is 4.79 Å². The van der Waals surface area contributed by atoms with Crippen molar-refractivity contribution in [2.24, 2.45) is 0 Å². The molecule has 2 heterocycles. The molecule has 0 N–H and O–H groups in total. The Morgan fingerprint density at radius 2 is 2.18 bits per heavy atom. The molecule has 0 radical (unpaired) electrons. The maximum Gasteiger partial charge on any atom is 0.416 e. The number of halogens is 3. The molecule has 0 amide bonds. The number of hydrogen-bond donors (Lipinski definition) is 0. The smallest absolute Gasteiger partial charge is 0.300 e. The quantitative estimate of drug-likeness (QED) is 0.809. The molecular weight excluding hydrogens is 235 g/mol. The first kappa shape index (κ1) is 11.6. The van der Waals surface area contributed by atoms with Crippen LogP contribution in [-0.2, 0) is 17.4 Å². The summed E-state index contributed by atoms with van der Waals surface area (Å²) in [5.74, 6) is 0.0776. The number of nitrogens with zero attached hydrogens (tertiary/aromatic N) is 3. The number of fused-ring (bicyclic) bond motifs is 1. The summed E-state index contributed by atoms with van der Waals surface area (Å²) in [4.78, 5) is 14.7. The van der Waals surface area contributed by atoms with Gasteiger partial charge < -0.3 is 0 Å². The molecule has 90 valence electrons. The van der Waals surface area contributed by atoms with Gasteiger partial charge in [0.05, 0.1) is 12.0 Å². The molecule has 7 heteroatoms. The van der Waals surface area contributed by atoms with Gasteiger partial charge in [0.1, 0.15) is 5.78 Å². The van der Waals surface area contributed by atoms with Gasteiger partial charge in [-0.15, -0.1) is 0 Å². The average molecular weight is 243 g/mol. The van der Waals surface area contributed by atoms with E-state index in [1.807, 2.05) is 0 Å². The van der Waals surface area contributed by atoms with Crippen LogP contribution in [0.5, 0.6) is 0 Å². The fraction of sp³-hybridized carbons (Fsp3) is 0.300. The summed E-state index contributed by atoms with van der Waals surface area (Å²) in [5, 5.41) is 3.89. The molecule has 0 atom stereocenters. The zero-order valence-electron chi connectivity index (χ0n) is 8.82. The minimum atomic E-state index is -4.41. The van der Waals surface area contributed by atoms with Crippen molar-refractivity contribution >= 4 is 11.4 Å². The van der Waals surface area contributed by atoms with Crippen LogP contribution in [0.2, 0.25) is 0 Å². The highest BCUT2D eigenvalue weighted by atomic mass is 19.4. The number of Topliss-reactive ketones (excluding diaryl/α,β-unsaturated/α-hetero) is 1. The molecule has 0 unspecified atom stereocenters. The Balaban J connectivity index is 2.44. The van der Waals surface area contributed by atoms with Gasteiger partial charge >= 0.3 is 6.18 Å². The highest BCUT2D eigenvalue weighted by molar-refractivity contribution is 5.77. The van der Waals surface area contributed by atoms with Crippen LogP contribution in [0.4, 0.5) is 13.2 Å². The van der Waals surface area contributed by atoms with Crippen LogP contribution in [0.25, 0.3) is 5.65 Å². The number of rotatable bonds is 2. The van der Waals surface area contributed by atoms with E-state index < -0.39 is 11.7 Å². The first-order chi connectivity index (χ1) is 7.86. The Morgan fingerprint density at radius 1 is 1.47 bits per heavy atom. The molecule has 0 saturated heterocycles. The fourth-order valence-electron chi connectivity index (χ4n) is 1.40. The summed E-state index contributed by atoms with van der Waals surface area (Å²) < 4.78 is 38.5. The summed E-state index contributed by atoms with van der Waals surface area (Å²) in [6.45, 7) is 1.37. The zero-order valence-corrected chi connectivity index (χ0v) is 8.82. The lowest BCUT2D eigenvalue weighted by atomic mass is 10.2. The third-order valence-corrected chi connectivity index (χ3v) is 2.12. The molecule has 0 fully saturated rings. The number of alkyl halides is 3. The number of ketones is 1. The molecule has 2 rings (SSSR count). The molecule has 0 aliphatic rings. The Labute approximate surface area is 94.1 Å². The number of carbonyl (C=O) groups excluding carboxylic acids is 1. The van der Waals surface area contributed by atoms with E-state index in [-0.39, 0.29) is 23.7 Å². The predicted octanol–water partition coefficient (Wildman–Crippen LogP) is 1.88. The molecule has 4 nitrogen and oxygen atoms in total. The number of hydrogen-bond acceptors (Lipinski definition) is 3. The number of aromatic nitrogens is 3. The van der Waals surface area contributed by atoms with E-state index in [4.69, 9.17) is 0 Å². The third kappa shape index (κ3) is 2.43. The second-order valence-corrected chi connectivity index (χ2v) is 3.62. The molecule has 0 bridgehead atoms. The minimum Gasteiger partial charge on any atom is -0.300 e. The SMILES string of the molecule is CC(=O)Cc1nc2cc(C(F)(F)F)ccn2n1. The first-order valence-corrected chi connectivity index (χ1v) is 4.78. The lowest BCUT2D eigenvalue weighted by Gasteiger charge is -2.05. The monoisotopic (exact) mass is 243 g/mol. The largest absolute Gasteiger partial charge is 0.416 e. The van der Waals surface area contributed by atoms with Gasteiger partial charge in [0, 0.05) is 6.20 Å². The minimum absolute atomic E-state index is 0.0169. The van der Waals surface area contributed by atoms with Gasteiger partial charge in [0.25, 0.3) is 0 Å². The molecule has 0 aliphatic carbocycles.